The minimum Gasteiger partial charge on any atom is -0.318 e. The van der Waals surface area contributed by atoms with Crippen molar-refractivity contribution in [1.29, 1.82) is 0 Å². The molecular weight excluding hydrogens is 289 g/mol. The average molecular weight is 301 g/mol. The van der Waals surface area contributed by atoms with E-state index in [1.54, 1.807) is 12.1 Å². The first-order chi connectivity index (χ1) is 8.43. The lowest BCUT2D eigenvalue weighted by atomic mass is 9.86. The summed E-state index contributed by atoms with van der Waals surface area (Å²) in [6.45, 7) is 1.89. The summed E-state index contributed by atoms with van der Waals surface area (Å²) in [5.41, 5.74) is 7.32. The Hall–Kier alpha value is -0.730. The molecule has 0 aliphatic rings. The van der Waals surface area contributed by atoms with Gasteiger partial charge >= 0.3 is 0 Å². The van der Waals surface area contributed by atoms with Gasteiger partial charge in [-0.15, -0.1) is 0 Å². The van der Waals surface area contributed by atoms with E-state index in [1.807, 2.05) is 37.3 Å². The van der Waals surface area contributed by atoms with Gasteiger partial charge in [0.1, 0.15) is 0 Å². The smallest absolute Gasteiger partial charge is 0.0652 e. The Morgan fingerprint density at radius 2 is 1.67 bits per heavy atom. The SMILES string of the molecule is CC(N)(c1cccc(Cl)c1)c1cccc(Cl)c1Cl. The minimum absolute atomic E-state index is 0.476. The van der Waals surface area contributed by atoms with E-state index in [1.165, 1.54) is 0 Å². The molecule has 1 atom stereocenters. The van der Waals surface area contributed by atoms with E-state index in [0.717, 1.165) is 11.1 Å². The van der Waals surface area contributed by atoms with Crippen LogP contribution in [-0.2, 0) is 5.54 Å². The van der Waals surface area contributed by atoms with E-state index in [-0.39, 0.29) is 0 Å². The van der Waals surface area contributed by atoms with Gasteiger partial charge in [0, 0.05) is 5.02 Å². The maximum atomic E-state index is 6.40. The van der Waals surface area contributed by atoms with E-state index in [9.17, 15) is 0 Å². The van der Waals surface area contributed by atoms with Gasteiger partial charge in [0.05, 0.1) is 15.6 Å². The summed E-state index contributed by atoms with van der Waals surface area (Å²) in [6, 6.07) is 12.9. The topological polar surface area (TPSA) is 26.0 Å². The van der Waals surface area contributed by atoms with Crippen molar-refractivity contribution < 1.29 is 0 Å². The highest BCUT2D eigenvalue weighted by Crippen LogP contribution is 2.36. The fourth-order valence-electron chi connectivity index (χ4n) is 1.87. The summed E-state index contributed by atoms with van der Waals surface area (Å²) in [5, 5.41) is 1.61. The molecule has 0 aromatic heterocycles. The lowest BCUT2D eigenvalue weighted by Gasteiger charge is -2.27. The maximum absolute atomic E-state index is 6.40. The van der Waals surface area contributed by atoms with Gasteiger partial charge in [-0.25, -0.2) is 0 Å². The van der Waals surface area contributed by atoms with Gasteiger partial charge in [-0.05, 0) is 36.2 Å². The van der Waals surface area contributed by atoms with E-state index >= 15 is 0 Å². The molecule has 0 aliphatic heterocycles. The highest BCUT2D eigenvalue weighted by atomic mass is 35.5. The molecule has 4 heteroatoms. The van der Waals surface area contributed by atoms with E-state index in [4.69, 9.17) is 40.5 Å². The third-order valence-electron chi connectivity index (χ3n) is 2.94. The Bertz CT molecular complexity index is 579. The Morgan fingerprint density at radius 1 is 1.00 bits per heavy atom. The van der Waals surface area contributed by atoms with Crippen molar-refractivity contribution in [3.63, 3.8) is 0 Å². The fraction of sp³-hybridized carbons (Fsp3) is 0.143. The van der Waals surface area contributed by atoms with Crippen molar-refractivity contribution in [2.45, 2.75) is 12.5 Å². The number of benzene rings is 2. The quantitative estimate of drug-likeness (QED) is 0.841. The Kier molecular flexibility index (Phi) is 3.88. The Morgan fingerprint density at radius 3 is 2.33 bits per heavy atom. The van der Waals surface area contributed by atoms with Crippen molar-refractivity contribution in [2.75, 3.05) is 0 Å². The first-order valence-electron chi connectivity index (χ1n) is 5.42. The standard InChI is InChI=1S/C14H12Cl3N/c1-14(18,9-4-2-5-10(15)8-9)11-6-3-7-12(16)13(11)17/h2-8H,18H2,1H3. The summed E-state index contributed by atoms with van der Waals surface area (Å²) < 4.78 is 0. The van der Waals surface area contributed by atoms with Crippen LogP contribution in [0.15, 0.2) is 42.5 Å². The van der Waals surface area contributed by atoms with E-state index in [0.29, 0.717) is 15.1 Å². The molecule has 0 bridgehead atoms. The second-order valence-electron chi connectivity index (χ2n) is 4.31. The normalized spacial score (nSPS) is 14.3. The molecule has 2 aromatic rings. The van der Waals surface area contributed by atoms with Crippen LogP contribution in [0.3, 0.4) is 0 Å². The van der Waals surface area contributed by atoms with Gasteiger partial charge in [0.2, 0.25) is 0 Å². The molecule has 2 rings (SSSR count). The van der Waals surface area contributed by atoms with Crippen LogP contribution >= 0.6 is 34.8 Å². The van der Waals surface area contributed by atoms with Crippen molar-refractivity contribution >= 4 is 34.8 Å². The van der Waals surface area contributed by atoms with Crippen LogP contribution in [-0.4, -0.2) is 0 Å². The molecule has 0 spiro atoms. The number of rotatable bonds is 2. The van der Waals surface area contributed by atoms with Crippen LogP contribution < -0.4 is 5.73 Å². The van der Waals surface area contributed by atoms with Crippen LogP contribution in [0.2, 0.25) is 15.1 Å². The molecule has 0 heterocycles. The summed E-state index contributed by atoms with van der Waals surface area (Å²) in [6.07, 6.45) is 0. The molecule has 0 saturated heterocycles. The number of hydrogen-bond donors (Lipinski definition) is 1. The van der Waals surface area contributed by atoms with E-state index < -0.39 is 5.54 Å². The molecule has 0 amide bonds. The van der Waals surface area contributed by atoms with Gasteiger partial charge in [0.15, 0.2) is 0 Å². The number of halogens is 3. The van der Waals surface area contributed by atoms with Gasteiger partial charge < -0.3 is 5.73 Å². The zero-order valence-electron chi connectivity index (χ0n) is 9.75. The third-order valence-corrected chi connectivity index (χ3v) is 3.99. The molecule has 0 radical (unpaired) electrons. The monoisotopic (exact) mass is 299 g/mol. The summed E-state index contributed by atoms with van der Waals surface area (Å²) >= 11 is 18.2. The van der Waals surface area contributed by atoms with Gasteiger partial charge in [-0.1, -0.05) is 59.1 Å². The van der Waals surface area contributed by atoms with Crippen LogP contribution in [0.25, 0.3) is 0 Å². The highest BCUT2D eigenvalue weighted by Gasteiger charge is 2.27. The lowest BCUT2D eigenvalue weighted by Crippen LogP contribution is -2.34. The second-order valence-corrected chi connectivity index (χ2v) is 5.54. The van der Waals surface area contributed by atoms with Gasteiger partial charge in [0.25, 0.3) is 0 Å². The van der Waals surface area contributed by atoms with Crippen molar-refractivity contribution in [3.8, 4) is 0 Å². The zero-order chi connectivity index (χ0) is 13.3. The Balaban J connectivity index is 2.57. The van der Waals surface area contributed by atoms with E-state index in [2.05, 4.69) is 0 Å². The molecule has 0 fully saturated rings. The molecule has 18 heavy (non-hydrogen) atoms. The lowest BCUT2D eigenvalue weighted by molar-refractivity contribution is 0.603. The summed E-state index contributed by atoms with van der Waals surface area (Å²) in [5.74, 6) is 0. The third kappa shape index (κ3) is 2.50. The molecule has 0 aliphatic carbocycles. The Labute approximate surface area is 121 Å². The van der Waals surface area contributed by atoms with Gasteiger partial charge in [-0.2, -0.15) is 0 Å². The fourth-order valence-corrected chi connectivity index (χ4v) is 2.56. The molecule has 2 aromatic carbocycles. The molecule has 1 nitrogen and oxygen atoms in total. The predicted molar refractivity (Wildman–Crippen MR) is 78.6 cm³/mol. The minimum atomic E-state index is -0.743. The maximum Gasteiger partial charge on any atom is 0.0652 e. The van der Waals surface area contributed by atoms with Crippen LogP contribution in [0.4, 0.5) is 0 Å². The van der Waals surface area contributed by atoms with Crippen LogP contribution in [0.5, 0.6) is 0 Å². The summed E-state index contributed by atoms with van der Waals surface area (Å²) in [7, 11) is 0. The molecule has 1 unspecified atom stereocenters. The summed E-state index contributed by atoms with van der Waals surface area (Å²) in [4.78, 5) is 0. The molecule has 94 valence electrons. The second kappa shape index (κ2) is 5.10. The largest absolute Gasteiger partial charge is 0.318 e. The first-order valence-corrected chi connectivity index (χ1v) is 6.55. The van der Waals surface area contributed by atoms with Gasteiger partial charge in [-0.3, -0.25) is 0 Å². The van der Waals surface area contributed by atoms with Crippen LogP contribution in [0.1, 0.15) is 18.1 Å². The van der Waals surface area contributed by atoms with Crippen molar-refractivity contribution in [2.24, 2.45) is 5.73 Å². The first kappa shape index (κ1) is 13.7. The average Bonchev–Trinajstić information content (AvgIpc) is 2.32. The highest BCUT2D eigenvalue weighted by molar-refractivity contribution is 6.42. The zero-order valence-corrected chi connectivity index (χ0v) is 12.0. The van der Waals surface area contributed by atoms with Crippen LogP contribution in [0, 0.1) is 0 Å². The molecule has 2 N–H and O–H groups in total. The number of nitrogens with two attached hydrogens (primary N) is 1. The predicted octanol–water partition coefficient (Wildman–Crippen LogP) is 4.87. The van der Waals surface area contributed by atoms with Crippen molar-refractivity contribution in [3.05, 3.63) is 68.7 Å². The molecular formula is C14H12Cl3N. The number of hydrogen-bond acceptors (Lipinski definition) is 1. The molecule has 0 saturated carbocycles. The van der Waals surface area contributed by atoms with Crippen molar-refractivity contribution in [1.82, 2.24) is 0 Å².